The van der Waals surface area contributed by atoms with E-state index < -0.39 is 0 Å². The maximum absolute atomic E-state index is 12.0. The zero-order valence-corrected chi connectivity index (χ0v) is 13.6. The van der Waals surface area contributed by atoms with Crippen LogP contribution >= 0.6 is 11.8 Å². The molecule has 0 saturated carbocycles. The fraction of sp³-hybridized carbons (Fsp3) is 0.562. The van der Waals surface area contributed by atoms with Crippen LogP contribution in [0.15, 0.2) is 29.2 Å². The van der Waals surface area contributed by atoms with Gasteiger partial charge in [-0.3, -0.25) is 4.79 Å². The van der Waals surface area contributed by atoms with Gasteiger partial charge in [-0.2, -0.15) is 0 Å². The lowest BCUT2D eigenvalue weighted by atomic mass is 10.2. The van der Waals surface area contributed by atoms with Gasteiger partial charge in [0.25, 0.3) is 0 Å². The first-order valence-electron chi connectivity index (χ1n) is 7.41. The Bertz CT molecular complexity index is 405. The Morgan fingerprint density at radius 3 is 2.65 bits per heavy atom. The van der Waals surface area contributed by atoms with E-state index in [9.17, 15) is 4.79 Å². The Balaban J connectivity index is 2.47. The lowest BCUT2D eigenvalue weighted by Crippen LogP contribution is -2.31. The van der Waals surface area contributed by atoms with Crippen LogP contribution in [0.25, 0.3) is 0 Å². The summed E-state index contributed by atoms with van der Waals surface area (Å²) < 4.78 is 0. The maximum atomic E-state index is 12.0. The number of nitrogens with one attached hydrogen (secondary N) is 1. The van der Waals surface area contributed by atoms with Crippen molar-refractivity contribution in [2.45, 2.75) is 38.6 Å². The standard InChI is InChI=1S/C16H26N2OS/c1-4-10-17-12-14-8-7-9-15(11-14)20-13-16(19)18(5-2)6-3/h7-9,11,17H,4-6,10,12-13H2,1-3H3. The minimum atomic E-state index is 0.217. The molecule has 0 aromatic heterocycles. The molecule has 0 aliphatic heterocycles. The molecule has 20 heavy (non-hydrogen) atoms. The summed E-state index contributed by atoms with van der Waals surface area (Å²) in [7, 11) is 0. The second-order valence-corrected chi connectivity index (χ2v) is 5.73. The number of thioether (sulfide) groups is 1. The van der Waals surface area contributed by atoms with Crippen LogP contribution in [0.1, 0.15) is 32.8 Å². The van der Waals surface area contributed by atoms with E-state index in [4.69, 9.17) is 0 Å². The van der Waals surface area contributed by atoms with Gasteiger partial charge in [0.15, 0.2) is 0 Å². The quantitative estimate of drug-likeness (QED) is 0.561. The van der Waals surface area contributed by atoms with Gasteiger partial charge in [-0.25, -0.2) is 0 Å². The predicted molar refractivity (Wildman–Crippen MR) is 87.1 cm³/mol. The lowest BCUT2D eigenvalue weighted by Gasteiger charge is -2.18. The smallest absolute Gasteiger partial charge is 0.232 e. The van der Waals surface area contributed by atoms with E-state index in [2.05, 4.69) is 36.5 Å². The van der Waals surface area contributed by atoms with Crippen molar-refractivity contribution >= 4 is 17.7 Å². The molecule has 0 spiro atoms. The molecule has 1 aromatic carbocycles. The van der Waals surface area contributed by atoms with Crippen LogP contribution in [-0.4, -0.2) is 36.2 Å². The molecule has 0 fully saturated rings. The zero-order chi connectivity index (χ0) is 14.8. The maximum Gasteiger partial charge on any atom is 0.232 e. The third-order valence-electron chi connectivity index (χ3n) is 3.13. The van der Waals surface area contributed by atoms with E-state index in [0.717, 1.165) is 32.6 Å². The molecule has 0 heterocycles. The Hall–Kier alpha value is -1.00. The average Bonchev–Trinajstić information content (AvgIpc) is 2.47. The second-order valence-electron chi connectivity index (χ2n) is 4.68. The first kappa shape index (κ1) is 17.1. The molecule has 1 aromatic rings. The molecule has 112 valence electrons. The fourth-order valence-corrected chi connectivity index (χ4v) is 2.85. The molecule has 1 amide bonds. The summed E-state index contributed by atoms with van der Waals surface area (Å²) in [5, 5.41) is 3.40. The van der Waals surface area contributed by atoms with Crippen LogP contribution in [0, 0.1) is 0 Å². The van der Waals surface area contributed by atoms with Crippen molar-refractivity contribution in [3.8, 4) is 0 Å². The van der Waals surface area contributed by atoms with E-state index in [-0.39, 0.29) is 5.91 Å². The average molecular weight is 294 g/mol. The molecule has 0 atom stereocenters. The number of nitrogens with zero attached hydrogens (tertiary/aromatic N) is 1. The van der Waals surface area contributed by atoms with E-state index in [1.807, 2.05) is 18.7 Å². The second kappa shape index (κ2) is 9.83. The summed E-state index contributed by atoms with van der Waals surface area (Å²) in [5.74, 6) is 0.738. The minimum Gasteiger partial charge on any atom is -0.343 e. The monoisotopic (exact) mass is 294 g/mol. The molecule has 1 N–H and O–H groups in total. The van der Waals surface area contributed by atoms with Crippen molar-refractivity contribution in [1.29, 1.82) is 0 Å². The van der Waals surface area contributed by atoms with Gasteiger partial charge >= 0.3 is 0 Å². The first-order valence-corrected chi connectivity index (χ1v) is 8.40. The SMILES string of the molecule is CCCNCc1cccc(SCC(=O)N(CC)CC)c1. The van der Waals surface area contributed by atoms with Gasteiger partial charge in [-0.15, -0.1) is 11.8 Å². The molecule has 0 aliphatic carbocycles. The van der Waals surface area contributed by atoms with Crippen LogP contribution in [-0.2, 0) is 11.3 Å². The number of benzene rings is 1. The summed E-state index contributed by atoms with van der Waals surface area (Å²) in [4.78, 5) is 15.0. The molecule has 1 rings (SSSR count). The highest BCUT2D eigenvalue weighted by molar-refractivity contribution is 8.00. The molecule has 0 saturated heterocycles. The number of carbonyl (C=O) groups excluding carboxylic acids is 1. The van der Waals surface area contributed by atoms with Crippen LogP contribution in [0.5, 0.6) is 0 Å². The Morgan fingerprint density at radius 2 is 2.00 bits per heavy atom. The van der Waals surface area contributed by atoms with Crippen molar-refractivity contribution in [3.63, 3.8) is 0 Å². The summed E-state index contributed by atoms with van der Waals surface area (Å²) in [6.45, 7) is 9.72. The third-order valence-corrected chi connectivity index (χ3v) is 4.11. The highest BCUT2D eigenvalue weighted by Gasteiger charge is 2.09. The van der Waals surface area contributed by atoms with Gasteiger partial charge in [0.05, 0.1) is 5.75 Å². The van der Waals surface area contributed by atoms with Crippen molar-refractivity contribution in [2.75, 3.05) is 25.4 Å². The lowest BCUT2D eigenvalue weighted by molar-refractivity contribution is -0.127. The molecule has 0 unspecified atom stereocenters. The molecule has 0 aliphatic rings. The normalized spacial score (nSPS) is 10.6. The summed E-state index contributed by atoms with van der Waals surface area (Å²) >= 11 is 1.62. The highest BCUT2D eigenvalue weighted by Crippen LogP contribution is 2.19. The van der Waals surface area contributed by atoms with Gasteiger partial charge in [-0.05, 0) is 44.5 Å². The largest absolute Gasteiger partial charge is 0.343 e. The van der Waals surface area contributed by atoms with E-state index in [1.54, 1.807) is 11.8 Å². The minimum absolute atomic E-state index is 0.217. The van der Waals surface area contributed by atoms with Crippen molar-refractivity contribution in [2.24, 2.45) is 0 Å². The molecular formula is C16H26N2OS. The van der Waals surface area contributed by atoms with Crippen LogP contribution in [0.4, 0.5) is 0 Å². The van der Waals surface area contributed by atoms with E-state index >= 15 is 0 Å². The van der Waals surface area contributed by atoms with Crippen molar-refractivity contribution < 1.29 is 4.79 Å². The Labute approximate surface area is 127 Å². The summed E-state index contributed by atoms with van der Waals surface area (Å²) in [6, 6.07) is 8.43. The van der Waals surface area contributed by atoms with Gasteiger partial charge in [-0.1, -0.05) is 19.1 Å². The number of rotatable bonds is 9. The van der Waals surface area contributed by atoms with Gasteiger partial charge in [0, 0.05) is 24.5 Å². The van der Waals surface area contributed by atoms with Gasteiger partial charge in [0.2, 0.25) is 5.91 Å². The predicted octanol–water partition coefficient (Wildman–Crippen LogP) is 3.15. The Morgan fingerprint density at radius 1 is 1.25 bits per heavy atom. The first-order chi connectivity index (χ1) is 9.71. The summed E-state index contributed by atoms with van der Waals surface area (Å²) in [6.07, 6.45) is 1.15. The van der Waals surface area contributed by atoms with Crippen molar-refractivity contribution in [3.05, 3.63) is 29.8 Å². The molecule has 0 bridgehead atoms. The zero-order valence-electron chi connectivity index (χ0n) is 12.8. The molecule has 3 nitrogen and oxygen atoms in total. The van der Waals surface area contributed by atoms with Crippen LogP contribution < -0.4 is 5.32 Å². The third kappa shape index (κ3) is 5.97. The van der Waals surface area contributed by atoms with Crippen molar-refractivity contribution in [1.82, 2.24) is 10.2 Å². The van der Waals surface area contributed by atoms with Gasteiger partial charge < -0.3 is 10.2 Å². The highest BCUT2D eigenvalue weighted by atomic mass is 32.2. The number of carbonyl (C=O) groups is 1. The summed E-state index contributed by atoms with van der Waals surface area (Å²) in [5.41, 5.74) is 1.28. The fourth-order valence-electron chi connectivity index (χ4n) is 1.97. The van der Waals surface area contributed by atoms with Gasteiger partial charge in [0.1, 0.15) is 0 Å². The molecule has 0 radical (unpaired) electrons. The van der Waals surface area contributed by atoms with E-state index in [0.29, 0.717) is 5.75 Å². The molecule has 4 heteroatoms. The van der Waals surface area contributed by atoms with Crippen LogP contribution in [0.2, 0.25) is 0 Å². The number of amides is 1. The van der Waals surface area contributed by atoms with Crippen LogP contribution in [0.3, 0.4) is 0 Å². The van der Waals surface area contributed by atoms with E-state index in [1.165, 1.54) is 10.5 Å². The topological polar surface area (TPSA) is 32.3 Å². The number of hydrogen-bond donors (Lipinski definition) is 1. The Kier molecular flexibility index (Phi) is 8.38. The number of hydrogen-bond acceptors (Lipinski definition) is 3. The molecular weight excluding hydrogens is 268 g/mol.